The fourth-order valence-electron chi connectivity index (χ4n) is 1.35. The number of hydrogen-bond acceptors (Lipinski definition) is 2. The van der Waals surface area contributed by atoms with Crippen molar-refractivity contribution in [3.05, 3.63) is 40.5 Å². The van der Waals surface area contributed by atoms with Crippen LogP contribution in [0.5, 0.6) is 0 Å². The van der Waals surface area contributed by atoms with E-state index >= 15 is 0 Å². The van der Waals surface area contributed by atoms with Crippen LogP contribution in [0.4, 0.5) is 26.3 Å². The van der Waals surface area contributed by atoms with Gasteiger partial charge in [-0.1, -0.05) is 23.2 Å². The molecule has 2 rings (SSSR count). The molecular formula is C14H10Cl2F6NO4+. The fourth-order valence-corrected chi connectivity index (χ4v) is 1.73. The third kappa shape index (κ3) is 8.78. The number of aryl methyl sites for hydroxylation is 1. The summed E-state index contributed by atoms with van der Waals surface area (Å²) in [6.07, 6.45) is -8.25. The van der Waals surface area contributed by atoms with Crippen molar-refractivity contribution in [2.24, 2.45) is 7.05 Å². The molecule has 0 bridgehead atoms. The molecule has 27 heavy (non-hydrogen) atoms. The second-order valence-corrected chi connectivity index (χ2v) is 5.39. The standard InChI is InChI=1S/C10H8Cl2N.2C2HF3O2/c1-13-5-4-9(12)8-3-2-7(11)6-10(8)13;2*3-2(4,5)1(6)7/h2-6H,1H3;2*(H,6,7)/q+1;;. The van der Waals surface area contributed by atoms with Crippen molar-refractivity contribution in [1.82, 2.24) is 0 Å². The van der Waals surface area contributed by atoms with Crippen LogP contribution < -0.4 is 4.57 Å². The lowest BCUT2D eigenvalue weighted by atomic mass is 10.2. The number of carboxylic acid groups (broad SMARTS) is 2. The molecule has 1 aromatic carbocycles. The highest BCUT2D eigenvalue weighted by molar-refractivity contribution is 6.35. The Morgan fingerprint density at radius 1 is 0.926 bits per heavy atom. The molecule has 1 aromatic heterocycles. The Morgan fingerprint density at radius 2 is 1.33 bits per heavy atom. The molecule has 0 amide bonds. The summed E-state index contributed by atoms with van der Waals surface area (Å²) in [6.45, 7) is 0. The normalized spacial score (nSPS) is 11.0. The summed E-state index contributed by atoms with van der Waals surface area (Å²) in [5, 5.41) is 16.8. The number of carboxylic acids is 2. The van der Waals surface area contributed by atoms with Gasteiger partial charge in [0.25, 0.3) is 0 Å². The van der Waals surface area contributed by atoms with E-state index in [9.17, 15) is 26.3 Å². The fraction of sp³-hybridized carbons (Fsp3) is 0.214. The minimum atomic E-state index is -5.08. The number of pyridine rings is 1. The molecule has 13 heteroatoms. The smallest absolute Gasteiger partial charge is 0.475 e. The summed E-state index contributed by atoms with van der Waals surface area (Å²) in [5.41, 5.74) is 1.04. The molecule has 0 aliphatic rings. The van der Waals surface area contributed by atoms with Crippen molar-refractivity contribution in [3.63, 3.8) is 0 Å². The first-order valence-corrected chi connectivity index (χ1v) is 7.16. The Hall–Kier alpha value is -2.27. The van der Waals surface area contributed by atoms with Crippen LogP contribution in [0.3, 0.4) is 0 Å². The Kier molecular flexibility index (Phi) is 8.80. The molecular weight excluding hydrogens is 431 g/mol. The average Bonchev–Trinajstić information content (AvgIpc) is 2.50. The zero-order valence-corrected chi connectivity index (χ0v) is 14.6. The van der Waals surface area contributed by atoms with Crippen LogP contribution in [0.1, 0.15) is 0 Å². The number of benzene rings is 1. The summed E-state index contributed by atoms with van der Waals surface area (Å²) < 4.78 is 65.5. The molecule has 0 unspecified atom stereocenters. The zero-order chi connectivity index (χ0) is 21.6. The van der Waals surface area contributed by atoms with E-state index < -0.39 is 24.3 Å². The molecule has 0 saturated heterocycles. The minimum absolute atomic E-state index is 0.727. The van der Waals surface area contributed by atoms with Crippen molar-refractivity contribution in [3.8, 4) is 0 Å². The summed E-state index contributed by atoms with van der Waals surface area (Å²) in [7, 11) is 1.97. The van der Waals surface area contributed by atoms with E-state index in [0.29, 0.717) is 0 Å². The average molecular weight is 441 g/mol. The van der Waals surface area contributed by atoms with Crippen LogP contribution in [0.25, 0.3) is 10.9 Å². The largest absolute Gasteiger partial charge is 0.490 e. The second kappa shape index (κ2) is 9.60. The lowest BCUT2D eigenvalue weighted by Gasteiger charge is -1.98. The predicted octanol–water partition coefficient (Wildman–Crippen LogP) is 4.24. The molecule has 0 spiro atoms. The molecule has 0 saturated carbocycles. The number of fused-ring (bicyclic) bond motifs is 1. The van der Waals surface area contributed by atoms with Crippen molar-refractivity contribution < 1.29 is 50.7 Å². The zero-order valence-electron chi connectivity index (χ0n) is 13.1. The molecule has 150 valence electrons. The number of hydrogen-bond donors (Lipinski definition) is 2. The quantitative estimate of drug-likeness (QED) is 0.474. The highest BCUT2D eigenvalue weighted by atomic mass is 35.5. The summed E-state index contributed by atoms with van der Waals surface area (Å²) in [6, 6.07) is 7.55. The predicted molar refractivity (Wildman–Crippen MR) is 82.5 cm³/mol. The van der Waals surface area contributed by atoms with Gasteiger partial charge in [-0.15, -0.1) is 0 Å². The van der Waals surface area contributed by atoms with Crippen molar-refractivity contribution in [2.75, 3.05) is 0 Å². The first kappa shape index (κ1) is 24.7. The Balaban J connectivity index is 0.000000416. The van der Waals surface area contributed by atoms with Crippen LogP contribution in [0, 0.1) is 0 Å². The first-order valence-electron chi connectivity index (χ1n) is 6.41. The van der Waals surface area contributed by atoms with Crippen LogP contribution in [-0.2, 0) is 16.6 Å². The number of carbonyl (C=O) groups is 2. The van der Waals surface area contributed by atoms with Gasteiger partial charge in [-0.25, -0.2) is 14.2 Å². The molecule has 0 atom stereocenters. The Labute approximate surface area is 157 Å². The topological polar surface area (TPSA) is 78.5 Å². The first-order chi connectivity index (χ1) is 12.1. The van der Waals surface area contributed by atoms with Crippen molar-refractivity contribution in [2.45, 2.75) is 12.4 Å². The minimum Gasteiger partial charge on any atom is -0.475 e. The Morgan fingerprint density at radius 3 is 1.70 bits per heavy atom. The van der Waals surface area contributed by atoms with Crippen molar-refractivity contribution >= 4 is 46.0 Å². The summed E-state index contributed by atoms with van der Waals surface area (Å²) in [4.78, 5) is 17.8. The SMILES string of the molecule is C[n+]1ccc(Cl)c2ccc(Cl)cc21.O=C(O)C(F)(F)F.O=C(O)C(F)(F)F. The molecule has 0 aliphatic carbocycles. The third-order valence-corrected chi connectivity index (χ3v) is 3.09. The van der Waals surface area contributed by atoms with Gasteiger partial charge in [-0.3, -0.25) is 0 Å². The van der Waals surface area contributed by atoms with E-state index in [0.717, 1.165) is 20.9 Å². The van der Waals surface area contributed by atoms with E-state index in [1.807, 2.05) is 42.1 Å². The lowest BCUT2D eigenvalue weighted by Crippen LogP contribution is -2.27. The number of aliphatic carboxylic acids is 2. The van der Waals surface area contributed by atoms with Crippen molar-refractivity contribution in [1.29, 1.82) is 0 Å². The van der Waals surface area contributed by atoms with Gasteiger partial charge in [0.2, 0.25) is 5.52 Å². The number of rotatable bonds is 0. The van der Waals surface area contributed by atoms with Gasteiger partial charge in [-0.05, 0) is 12.1 Å². The van der Waals surface area contributed by atoms with Crippen LogP contribution in [0.2, 0.25) is 10.0 Å². The molecule has 0 aliphatic heterocycles. The number of alkyl halides is 6. The molecule has 0 radical (unpaired) electrons. The van der Waals surface area contributed by atoms with E-state index in [4.69, 9.17) is 43.0 Å². The van der Waals surface area contributed by atoms with Crippen LogP contribution >= 0.6 is 23.2 Å². The van der Waals surface area contributed by atoms with Crippen LogP contribution in [0.15, 0.2) is 30.5 Å². The van der Waals surface area contributed by atoms with E-state index in [2.05, 4.69) is 0 Å². The highest BCUT2D eigenvalue weighted by Gasteiger charge is 2.38. The molecule has 1 heterocycles. The number of aromatic nitrogens is 1. The third-order valence-electron chi connectivity index (χ3n) is 2.53. The lowest BCUT2D eigenvalue weighted by molar-refractivity contribution is -0.644. The maximum Gasteiger partial charge on any atom is 0.490 e. The van der Waals surface area contributed by atoms with Crippen LogP contribution in [-0.4, -0.2) is 34.5 Å². The van der Waals surface area contributed by atoms with Gasteiger partial charge in [-0.2, -0.15) is 26.3 Å². The van der Waals surface area contributed by atoms with Gasteiger partial charge in [0, 0.05) is 17.2 Å². The molecule has 0 fully saturated rings. The van der Waals surface area contributed by atoms with Gasteiger partial charge in [0.15, 0.2) is 6.20 Å². The van der Waals surface area contributed by atoms with Gasteiger partial charge < -0.3 is 10.2 Å². The molecule has 2 N–H and O–H groups in total. The second-order valence-electron chi connectivity index (χ2n) is 4.54. The van der Waals surface area contributed by atoms with Gasteiger partial charge >= 0.3 is 24.3 Å². The molecule has 5 nitrogen and oxygen atoms in total. The molecule has 2 aromatic rings. The monoisotopic (exact) mass is 440 g/mol. The highest BCUT2D eigenvalue weighted by Crippen LogP contribution is 2.22. The van der Waals surface area contributed by atoms with E-state index in [1.165, 1.54) is 0 Å². The maximum atomic E-state index is 10.6. The van der Waals surface area contributed by atoms with E-state index in [1.54, 1.807) is 0 Å². The number of nitrogens with zero attached hydrogens (tertiary/aromatic N) is 1. The van der Waals surface area contributed by atoms with Gasteiger partial charge in [0.05, 0.1) is 10.4 Å². The summed E-state index contributed by atoms with van der Waals surface area (Å²) >= 11 is 11.9. The maximum absolute atomic E-state index is 10.6. The van der Waals surface area contributed by atoms with Gasteiger partial charge in [0.1, 0.15) is 7.05 Å². The van der Waals surface area contributed by atoms with E-state index in [-0.39, 0.29) is 0 Å². The number of halogens is 8. The Bertz CT molecular complexity index is 800. The summed E-state index contributed by atoms with van der Waals surface area (Å²) in [5.74, 6) is -5.51.